The van der Waals surface area contributed by atoms with Crippen molar-refractivity contribution in [1.82, 2.24) is 14.3 Å². The average Bonchev–Trinajstić information content (AvgIpc) is 2.39. The lowest BCUT2D eigenvalue weighted by atomic mass is 10.2. The van der Waals surface area contributed by atoms with Crippen LogP contribution in [-0.4, -0.2) is 14.3 Å². The lowest BCUT2D eigenvalue weighted by Gasteiger charge is -2.08. The van der Waals surface area contributed by atoms with Crippen molar-refractivity contribution in [3.8, 4) is 0 Å². The van der Waals surface area contributed by atoms with Gasteiger partial charge in [0.05, 0.1) is 0 Å². The van der Waals surface area contributed by atoms with E-state index in [0.717, 1.165) is 9.25 Å². The Hall–Kier alpha value is -2.44. The van der Waals surface area contributed by atoms with Gasteiger partial charge in [0.1, 0.15) is 5.82 Å². The molecule has 1 aromatic heterocycles. The summed E-state index contributed by atoms with van der Waals surface area (Å²) in [4.78, 5) is 23.2. The van der Waals surface area contributed by atoms with Crippen molar-refractivity contribution in [2.45, 2.75) is 6.54 Å². The first kappa shape index (κ1) is 13.0. The molecule has 1 N–H and O–H groups in total. The number of nitrogens with one attached hydrogen (secondary N) is 1. The monoisotopic (exact) mass is 264 g/mol. The predicted octanol–water partition coefficient (Wildman–Crippen LogP) is 0.230. The number of aryl methyl sites for hydroxylation is 1. The molecule has 0 radical (unpaired) electrons. The molecule has 0 aliphatic rings. The van der Waals surface area contributed by atoms with E-state index < -0.39 is 11.2 Å². The standard InChI is InChI=1S/C12H13FN4O2/c1-16-11(18)10(15-17(2)12(16)19)14-7-8-4-3-5-9(13)6-8/h3-6H,7H2,1-2H3,(H,14,15). The zero-order valence-electron chi connectivity index (χ0n) is 10.6. The molecule has 0 atom stereocenters. The fourth-order valence-corrected chi connectivity index (χ4v) is 1.64. The normalized spacial score (nSPS) is 10.5. The Bertz CT molecular complexity index is 720. The third-order valence-corrected chi connectivity index (χ3v) is 2.67. The third-order valence-electron chi connectivity index (χ3n) is 2.67. The Morgan fingerprint density at radius 1 is 1.32 bits per heavy atom. The summed E-state index contributed by atoms with van der Waals surface area (Å²) in [6.07, 6.45) is 0. The molecule has 0 saturated carbocycles. The fraction of sp³-hybridized carbons (Fsp3) is 0.250. The maximum Gasteiger partial charge on any atom is 0.346 e. The third kappa shape index (κ3) is 2.70. The zero-order chi connectivity index (χ0) is 14.0. The van der Waals surface area contributed by atoms with E-state index in [0.29, 0.717) is 5.56 Å². The highest BCUT2D eigenvalue weighted by Gasteiger charge is 2.08. The van der Waals surface area contributed by atoms with Gasteiger partial charge in [-0.15, -0.1) is 5.10 Å². The molecule has 2 rings (SSSR count). The second-order valence-corrected chi connectivity index (χ2v) is 4.10. The van der Waals surface area contributed by atoms with Gasteiger partial charge >= 0.3 is 5.69 Å². The van der Waals surface area contributed by atoms with Crippen LogP contribution in [0.3, 0.4) is 0 Å². The first-order chi connectivity index (χ1) is 8.99. The second kappa shape index (κ2) is 5.05. The van der Waals surface area contributed by atoms with Gasteiger partial charge in [0.25, 0.3) is 5.56 Å². The molecule has 100 valence electrons. The van der Waals surface area contributed by atoms with Crippen molar-refractivity contribution in [1.29, 1.82) is 0 Å². The molecule has 0 aliphatic carbocycles. The summed E-state index contributed by atoms with van der Waals surface area (Å²) >= 11 is 0. The van der Waals surface area contributed by atoms with Gasteiger partial charge in [-0.05, 0) is 17.7 Å². The van der Waals surface area contributed by atoms with E-state index in [4.69, 9.17) is 0 Å². The van der Waals surface area contributed by atoms with Crippen molar-refractivity contribution in [3.63, 3.8) is 0 Å². The van der Waals surface area contributed by atoms with Gasteiger partial charge in [0.2, 0.25) is 5.82 Å². The van der Waals surface area contributed by atoms with Crippen LogP contribution in [0.4, 0.5) is 10.2 Å². The Labute approximate surface area is 108 Å². The van der Waals surface area contributed by atoms with Crippen LogP contribution >= 0.6 is 0 Å². The minimum Gasteiger partial charge on any atom is -0.360 e. The average molecular weight is 264 g/mol. The molecule has 0 saturated heterocycles. The number of hydrogen-bond donors (Lipinski definition) is 1. The number of hydrogen-bond acceptors (Lipinski definition) is 4. The van der Waals surface area contributed by atoms with Gasteiger partial charge in [-0.3, -0.25) is 9.36 Å². The smallest absolute Gasteiger partial charge is 0.346 e. The van der Waals surface area contributed by atoms with Gasteiger partial charge < -0.3 is 5.32 Å². The van der Waals surface area contributed by atoms with E-state index in [2.05, 4.69) is 10.4 Å². The molecule has 19 heavy (non-hydrogen) atoms. The molecule has 1 aromatic carbocycles. The molecule has 0 unspecified atom stereocenters. The van der Waals surface area contributed by atoms with E-state index in [9.17, 15) is 14.0 Å². The largest absolute Gasteiger partial charge is 0.360 e. The first-order valence-corrected chi connectivity index (χ1v) is 5.61. The number of anilines is 1. The molecular formula is C12H13FN4O2. The summed E-state index contributed by atoms with van der Waals surface area (Å²) in [6, 6.07) is 6.01. The van der Waals surface area contributed by atoms with E-state index in [1.807, 2.05) is 0 Å². The van der Waals surface area contributed by atoms with Crippen molar-refractivity contribution in [3.05, 3.63) is 56.5 Å². The highest BCUT2D eigenvalue weighted by atomic mass is 19.1. The molecule has 0 aliphatic heterocycles. The van der Waals surface area contributed by atoms with E-state index >= 15 is 0 Å². The highest BCUT2D eigenvalue weighted by Crippen LogP contribution is 2.04. The topological polar surface area (TPSA) is 68.9 Å². The number of halogens is 1. The lowest BCUT2D eigenvalue weighted by Crippen LogP contribution is -2.39. The first-order valence-electron chi connectivity index (χ1n) is 5.61. The molecule has 0 bridgehead atoms. The van der Waals surface area contributed by atoms with Gasteiger partial charge in [0.15, 0.2) is 0 Å². The molecule has 0 amide bonds. The Morgan fingerprint density at radius 3 is 2.74 bits per heavy atom. The highest BCUT2D eigenvalue weighted by molar-refractivity contribution is 5.31. The summed E-state index contributed by atoms with van der Waals surface area (Å²) in [5, 5.41) is 6.63. The van der Waals surface area contributed by atoms with E-state index in [1.54, 1.807) is 12.1 Å². The van der Waals surface area contributed by atoms with Crippen LogP contribution in [0.15, 0.2) is 33.9 Å². The summed E-state index contributed by atoms with van der Waals surface area (Å²) in [6.45, 7) is 0.248. The molecular weight excluding hydrogens is 251 g/mol. The lowest BCUT2D eigenvalue weighted by molar-refractivity contribution is 0.604. The van der Waals surface area contributed by atoms with E-state index in [-0.39, 0.29) is 18.2 Å². The van der Waals surface area contributed by atoms with Crippen LogP contribution in [0.5, 0.6) is 0 Å². The molecule has 0 fully saturated rings. The van der Waals surface area contributed by atoms with Gasteiger partial charge in [0, 0.05) is 20.6 Å². The molecule has 2 aromatic rings. The van der Waals surface area contributed by atoms with Gasteiger partial charge in [-0.2, -0.15) is 0 Å². The van der Waals surface area contributed by atoms with Crippen molar-refractivity contribution < 1.29 is 4.39 Å². The Kier molecular flexibility index (Phi) is 3.46. The van der Waals surface area contributed by atoms with Crippen LogP contribution in [0.2, 0.25) is 0 Å². The Balaban J connectivity index is 2.26. The SMILES string of the molecule is Cn1nc(NCc2cccc(F)c2)c(=O)n(C)c1=O. The van der Waals surface area contributed by atoms with Gasteiger partial charge in [-0.1, -0.05) is 12.1 Å². The van der Waals surface area contributed by atoms with Crippen molar-refractivity contribution >= 4 is 5.82 Å². The number of aromatic nitrogens is 3. The van der Waals surface area contributed by atoms with Crippen molar-refractivity contribution in [2.24, 2.45) is 14.1 Å². The molecule has 6 nitrogen and oxygen atoms in total. The van der Waals surface area contributed by atoms with Crippen molar-refractivity contribution in [2.75, 3.05) is 5.32 Å². The quantitative estimate of drug-likeness (QED) is 0.861. The maximum absolute atomic E-state index is 13.0. The summed E-state index contributed by atoms with van der Waals surface area (Å²) < 4.78 is 15.0. The maximum atomic E-state index is 13.0. The number of nitrogens with zero attached hydrogens (tertiary/aromatic N) is 3. The minimum atomic E-state index is -0.514. The van der Waals surface area contributed by atoms with Crippen LogP contribution in [0.1, 0.15) is 5.56 Å². The molecule has 1 heterocycles. The van der Waals surface area contributed by atoms with Crippen LogP contribution in [-0.2, 0) is 20.6 Å². The number of benzene rings is 1. The predicted molar refractivity (Wildman–Crippen MR) is 68.4 cm³/mol. The van der Waals surface area contributed by atoms with Gasteiger partial charge in [-0.25, -0.2) is 13.9 Å². The zero-order valence-corrected chi connectivity index (χ0v) is 10.6. The van der Waals surface area contributed by atoms with Crippen LogP contribution in [0.25, 0.3) is 0 Å². The minimum absolute atomic E-state index is 0.0499. The van der Waals surface area contributed by atoms with Crippen LogP contribution < -0.4 is 16.6 Å². The summed E-state index contributed by atoms with van der Waals surface area (Å²) in [5.41, 5.74) is -0.335. The molecule has 0 spiro atoms. The summed E-state index contributed by atoms with van der Waals surface area (Å²) in [5.74, 6) is -0.297. The summed E-state index contributed by atoms with van der Waals surface area (Å²) in [7, 11) is 2.83. The van der Waals surface area contributed by atoms with Crippen LogP contribution in [0, 0.1) is 5.82 Å². The second-order valence-electron chi connectivity index (χ2n) is 4.10. The fourth-order valence-electron chi connectivity index (χ4n) is 1.64. The van der Waals surface area contributed by atoms with E-state index in [1.165, 1.54) is 26.2 Å². The molecule has 7 heteroatoms. The Morgan fingerprint density at radius 2 is 2.05 bits per heavy atom. The number of rotatable bonds is 3.